The van der Waals surface area contributed by atoms with Crippen LogP contribution in [0.25, 0.3) is 11.4 Å². The summed E-state index contributed by atoms with van der Waals surface area (Å²) >= 11 is 0. The zero-order chi connectivity index (χ0) is 15.0. The average Bonchev–Trinajstić information content (AvgIpc) is 3.17. The van der Waals surface area contributed by atoms with Crippen molar-refractivity contribution < 1.29 is 14.0 Å². The molecule has 0 aliphatic carbocycles. The first-order chi connectivity index (χ1) is 10.1. The van der Waals surface area contributed by atoms with Gasteiger partial charge in [-0.3, -0.25) is 4.68 Å². The van der Waals surface area contributed by atoms with Gasteiger partial charge in [-0.05, 0) is 5.92 Å². The molecule has 2 aromatic heterocycles. The van der Waals surface area contributed by atoms with Gasteiger partial charge in [-0.1, -0.05) is 19.0 Å². The Bertz CT molecular complexity index is 626. The molecule has 3 heterocycles. The fourth-order valence-electron chi connectivity index (χ4n) is 2.59. The fourth-order valence-corrected chi connectivity index (χ4v) is 2.59. The highest BCUT2D eigenvalue weighted by atomic mass is 16.6. The maximum absolute atomic E-state index is 5.57. The summed E-state index contributed by atoms with van der Waals surface area (Å²) in [7, 11) is 3.53. The van der Waals surface area contributed by atoms with Crippen molar-refractivity contribution in [1.29, 1.82) is 0 Å². The summed E-state index contributed by atoms with van der Waals surface area (Å²) in [5.41, 5.74) is 1.23. The third-order valence-electron chi connectivity index (χ3n) is 3.84. The van der Waals surface area contributed by atoms with Crippen LogP contribution in [0.2, 0.25) is 0 Å². The third-order valence-corrected chi connectivity index (χ3v) is 3.84. The lowest BCUT2D eigenvalue weighted by molar-refractivity contribution is -0.0442. The van der Waals surface area contributed by atoms with Gasteiger partial charge in [0.2, 0.25) is 5.82 Å². The van der Waals surface area contributed by atoms with Crippen LogP contribution < -0.4 is 0 Å². The van der Waals surface area contributed by atoms with Gasteiger partial charge in [0.05, 0.1) is 24.5 Å². The summed E-state index contributed by atoms with van der Waals surface area (Å²) in [5, 5.41) is 8.58. The van der Waals surface area contributed by atoms with Gasteiger partial charge < -0.3 is 14.0 Å². The molecule has 1 fully saturated rings. The second-order valence-electron chi connectivity index (χ2n) is 5.68. The van der Waals surface area contributed by atoms with Crippen molar-refractivity contribution in [1.82, 2.24) is 19.9 Å². The van der Waals surface area contributed by atoms with E-state index in [1.807, 2.05) is 13.2 Å². The summed E-state index contributed by atoms with van der Waals surface area (Å²) in [6, 6.07) is 0. The normalized spacial score (nSPS) is 22.3. The standard InChI is InChI=1S/C14H20N4O3/c1-9(2)11-10(7-18(3)16-11)12-15-13(21-17-12)14(19-4)5-6-20-8-14/h7,9H,5-6,8H2,1-4H3. The Morgan fingerprint density at radius 3 is 2.86 bits per heavy atom. The molecule has 1 saturated heterocycles. The van der Waals surface area contributed by atoms with Crippen LogP contribution in [0.3, 0.4) is 0 Å². The Hall–Kier alpha value is -1.73. The molecule has 0 spiro atoms. The first-order valence-electron chi connectivity index (χ1n) is 7.07. The van der Waals surface area contributed by atoms with Crippen LogP contribution in [-0.2, 0) is 22.1 Å². The Morgan fingerprint density at radius 1 is 1.43 bits per heavy atom. The van der Waals surface area contributed by atoms with E-state index >= 15 is 0 Å². The topological polar surface area (TPSA) is 75.2 Å². The minimum atomic E-state index is -0.620. The molecule has 0 radical (unpaired) electrons. The van der Waals surface area contributed by atoms with Crippen molar-refractivity contribution in [3.8, 4) is 11.4 Å². The highest BCUT2D eigenvalue weighted by Crippen LogP contribution is 2.34. The first-order valence-corrected chi connectivity index (χ1v) is 7.07. The molecule has 1 aliphatic heterocycles. The van der Waals surface area contributed by atoms with E-state index in [0.717, 1.165) is 17.7 Å². The Kier molecular flexibility index (Phi) is 3.54. The lowest BCUT2D eigenvalue weighted by Crippen LogP contribution is -2.29. The number of aromatic nitrogens is 4. The van der Waals surface area contributed by atoms with Crippen molar-refractivity contribution in [2.45, 2.75) is 31.8 Å². The molecule has 114 valence electrons. The summed E-state index contributed by atoms with van der Waals surface area (Å²) in [5.74, 6) is 1.30. The molecule has 0 amide bonds. The lowest BCUT2D eigenvalue weighted by atomic mass is 10.0. The van der Waals surface area contributed by atoms with Gasteiger partial charge >= 0.3 is 0 Å². The molecule has 2 aromatic rings. The van der Waals surface area contributed by atoms with Gasteiger partial charge in [-0.2, -0.15) is 10.1 Å². The van der Waals surface area contributed by atoms with Crippen molar-refractivity contribution in [3.05, 3.63) is 17.8 Å². The van der Waals surface area contributed by atoms with Gasteiger partial charge in [-0.25, -0.2) is 0 Å². The molecule has 0 saturated carbocycles. The molecule has 21 heavy (non-hydrogen) atoms. The summed E-state index contributed by atoms with van der Waals surface area (Å²) < 4.78 is 18.2. The molecular weight excluding hydrogens is 272 g/mol. The van der Waals surface area contributed by atoms with Gasteiger partial charge in [0.1, 0.15) is 0 Å². The SMILES string of the molecule is COC1(c2nc(-c3cn(C)nc3C(C)C)no2)CCOC1. The molecule has 1 atom stereocenters. The van der Waals surface area contributed by atoms with E-state index in [9.17, 15) is 0 Å². The quantitative estimate of drug-likeness (QED) is 0.856. The number of aryl methyl sites for hydroxylation is 1. The van der Waals surface area contributed by atoms with E-state index in [4.69, 9.17) is 14.0 Å². The molecule has 1 unspecified atom stereocenters. The Labute approximate surface area is 123 Å². The molecular formula is C14H20N4O3. The minimum absolute atomic E-state index is 0.286. The van der Waals surface area contributed by atoms with E-state index in [-0.39, 0.29) is 5.92 Å². The van der Waals surface area contributed by atoms with Crippen LogP contribution in [0, 0.1) is 0 Å². The van der Waals surface area contributed by atoms with Crippen LogP contribution >= 0.6 is 0 Å². The number of nitrogens with zero attached hydrogens (tertiary/aromatic N) is 4. The van der Waals surface area contributed by atoms with Crippen molar-refractivity contribution in [3.63, 3.8) is 0 Å². The second kappa shape index (κ2) is 5.23. The molecule has 1 aliphatic rings. The zero-order valence-electron chi connectivity index (χ0n) is 12.8. The van der Waals surface area contributed by atoms with E-state index < -0.39 is 5.60 Å². The number of methoxy groups -OCH3 is 1. The summed E-state index contributed by atoms with van der Waals surface area (Å²) in [4.78, 5) is 4.53. The largest absolute Gasteiger partial charge is 0.378 e. The first kappa shape index (κ1) is 14.2. The molecule has 0 bridgehead atoms. The van der Waals surface area contributed by atoms with Gasteiger partial charge in [0.15, 0.2) is 5.60 Å². The highest BCUT2D eigenvalue weighted by Gasteiger charge is 2.42. The van der Waals surface area contributed by atoms with Gasteiger partial charge in [0.25, 0.3) is 5.89 Å². The number of ether oxygens (including phenoxy) is 2. The van der Waals surface area contributed by atoms with Crippen LogP contribution in [0.5, 0.6) is 0 Å². The van der Waals surface area contributed by atoms with Gasteiger partial charge in [-0.15, -0.1) is 0 Å². The number of hydrogen-bond donors (Lipinski definition) is 0. The maximum atomic E-state index is 5.57. The molecule has 7 nitrogen and oxygen atoms in total. The Morgan fingerprint density at radius 2 is 2.24 bits per heavy atom. The zero-order valence-corrected chi connectivity index (χ0v) is 12.8. The predicted octanol–water partition coefficient (Wildman–Crippen LogP) is 1.86. The lowest BCUT2D eigenvalue weighted by Gasteiger charge is -2.20. The van der Waals surface area contributed by atoms with Crippen molar-refractivity contribution in [2.75, 3.05) is 20.3 Å². The van der Waals surface area contributed by atoms with Crippen molar-refractivity contribution >= 4 is 0 Å². The smallest absolute Gasteiger partial charge is 0.261 e. The number of rotatable bonds is 4. The van der Waals surface area contributed by atoms with Crippen LogP contribution in [0.1, 0.15) is 37.8 Å². The fraction of sp³-hybridized carbons (Fsp3) is 0.643. The van der Waals surface area contributed by atoms with E-state index in [1.165, 1.54) is 0 Å². The van der Waals surface area contributed by atoms with Gasteiger partial charge in [0, 0.05) is 26.8 Å². The molecule has 0 N–H and O–H groups in total. The average molecular weight is 292 g/mol. The summed E-state index contributed by atoms with van der Waals surface area (Å²) in [6.07, 6.45) is 2.63. The summed E-state index contributed by atoms with van der Waals surface area (Å²) in [6.45, 7) is 5.26. The van der Waals surface area contributed by atoms with Crippen LogP contribution in [0.4, 0.5) is 0 Å². The molecule has 0 aromatic carbocycles. The minimum Gasteiger partial charge on any atom is -0.378 e. The second-order valence-corrected chi connectivity index (χ2v) is 5.68. The number of hydrogen-bond acceptors (Lipinski definition) is 6. The highest BCUT2D eigenvalue weighted by molar-refractivity contribution is 5.57. The third kappa shape index (κ3) is 2.36. The van der Waals surface area contributed by atoms with E-state index in [0.29, 0.717) is 24.9 Å². The monoisotopic (exact) mass is 292 g/mol. The molecule has 3 rings (SSSR count). The van der Waals surface area contributed by atoms with E-state index in [1.54, 1.807) is 11.8 Å². The van der Waals surface area contributed by atoms with Crippen molar-refractivity contribution in [2.24, 2.45) is 7.05 Å². The van der Waals surface area contributed by atoms with Crippen LogP contribution in [0.15, 0.2) is 10.7 Å². The molecule has 7 heteroatoms. The predicted molar refractivity (Wildman–Crippen MR) is 74.7 cm³/mol. The van der Waals surface area contributed by atoms with E-state index in [2.05, 4.69) is 29.1 Å². The Balaban J connectivity index is 1.99. The maximum Gasteiger partial charge on any atom is 0.261 e. The van der Waals surface area contributed by atoms with Crippen LogP contribution in [-0.4, -0.2) is 40.2 Å².